The van der Waals surface area contributed by atoms with Gasteiger partial charge in [0.2, 0.25) is 0 Å². The lowest BCUT2D eigenvalue weighted by molar-refractivity contribution is 0.0822. The zero-order valence-corrected chi connectivity index (χ0v) is 10.9. The van der Waals surface area contributed by atoms with E-state index in [0.717, 1.165) is 26.2 Å². The SMILES string of the molecule is O=C(CN1CCN(CCO)CC1)c1cccc(F)c1. The molecular formula is C14H19FN2O2. The molecule has 0 atom stereocenters. The Balaban J connectivity index is 1.84. The molecule has 0 aromatic heterocycles. The quantitative estimate of drug-likeness (QED) is 0.793. The van der Waals surface area contributed by atoms with Crippen molar-refractivity contribution in [3.8, 4) is 0 Å². The van der Waals surface area contributed by atoms with Crippen LogP contribution in [0.15, 0.2) is 24.3 Å². The monoisotopic (exact) mass is 266 g/mol. The molecule has 104 valence electrons. The van der Waals surface area contributed by atoms with E-state index in [4.69, 9.17) is 5.11 Å². The molecule has 1 fully saturated rings. The predicted octanol–water partition coefficient (Wildman–Crippen LogP) is 0.618. The highest BCUT2D eigenvalue weighted by Crippen LogP contribution is 2.07. The molecule has 4 nitrogen and oxygen atoms in total. The summed E-state index contributed by atoms with van der Waals surface area (Å²) in [5, 5.41) is 8.86. The summed E-state index contributed by atoms with van der Waals surface area (Å²) < 4.78 is 13.0. The van der Waals surface area contributed by atoms with E-state index in [1.165, 1.54) is 12.1 Å². The van der Waals surface area contributed by atoms with Gasteiger partial charge in [-0.1, -0.05) is 12.1 Å². The van der Waals surface area contributed by atoms with Crippen molar-refractivity contribution in [3.63, 3.8) is 0 Å². The first-order valence-corrected chi connectivity index (χ1v) is 6.53. The molecule has 1 aromatic rings. The Morgan fingerprint density at radius 2 is 1.89 bits per heavy atom. The van der Waals surface area contributed by atoms with Gasteiger partial charge < -0.3 is 5.11 Å². The maximum Gasteiger partial charge on any atom is 0.176 e. The Morgan fingerprint density at radius 1 is 1.21 bits per heavy atom. The zero-order chi connectivity index (χ0) is 13.7. The van der Waals surface area contributed by atoms with Crippen molar-refractivity contribution < 1.29 is 14.3 Å². The lowest BCUT2D eigenvalue weighted by Gasteiger charge is -2.33. The normalized spacial score (nSPS) is 17.6. The first-order valence-electron chi connectivity index (χ1n) is 6.53. The number of aliphatic hydroxyl groups excluding tert-OH is 1. The number of aliphatic hydroxyl groups is 1. The van der Waals surface area contributed by atoms with Gasteiger partial charge in [-0.3, -0.25) is 14.6 Å². The van der Waals surface area contributed by atoms with Crippen LogP contribution in [-0.2, 0) is 0 Å². The molecule has 0 amide bonds. The number of β-amino-alcohol motifs (C(OH)–C–C–N with tert-alkyl or cyclic N) is 1. The number of carbonyl (C=O) groups excluding carboxylic acids is 1. The molecule has 0 unspecified atom stereocenters. The predicted molar refractivity (Wildman–Crippen MR) is 70.7 cm³/mol. The Morgan fingerprint density at radius 3 is 2.53 bits per heavy atom. The van der Waals surface area contributed by atoms with Gasteiger partial charge in [0.15, 0.2) is 5.78 Å². The third-order valence-corrected chi connectivity index (χ3v) is 3.39. The van der Waals surface area contributed by atoms with Gasteiger partial charge in [0, 0.05) is 38.3 Å². The zero-order valence-electron chi connectivity index (χ0n) is 10.9. The number of Topliss-reactive ketones (excluding diaryl/α,β-unsaturated/α-hetero) is 1. The van der Waals surface area contributed by atoms with Crippen molar-refractivity contribution in [1.82, 2.24) is 9.80 Å². The van der Waals surface area contributed by atoms with E-state index in [1.807, 2.05) is 0 Å². The second kappa shape index (κ2) is 6.75. The highest BCUT2D eigenvalue weighted by Gasteiger charge is 2.19. The molecule has 1 heterocycles. The minimum Gasteiger partial charge on any atom is -0.395 e. The van der Waals surface area contributed by atoms with Crippen LogP contribution in [0.4, 0.5) is 4.39 Å². The summed E-state index contributed by atoms with van der Waals surface area (Å²) in [6, 6.07) is 5.82. The Labute approximate surface area is 112 Å². The summed E-state index contributed by atoms with van der Waals surface area (Å²) in [6.45, 7) is 4.51. The summed E-state index contributed by atoms with van der Waals surface area (Å²) in [7, 11) is 0. The number of rotatable bonds is 5. The van der Waals surface area contributed by atoms with E-state index in [2.05, 4.69) is 9.80 Å². The fraction of sp³-hybridized carbons (Fsp3) is 0.500. The highest BCUT2D eigenvalue weighted by molar-refractivity contribution is 5.97. The number of piperazine rings is 1. The van der Waals surface area contributed by atoms with Gasteiger partial charge in [0.1, 0.15) is 5.82 Å². The van der Waals surface area contributed by atoms with E-state index in [9.17, 15) is 9.18 Å². The topological polar surface area (TPSA) is 43.8 Å². The molecule has 0 bridgehead atoms. The first kappa shape index (κ1) is 14.1. The average Bonchev–Trinajstić information content (AvgIpc) is 2.41. The van der Waals surface area contributed by atoms with Crippen LogP contribution in [-0.4, -0.2) is 66.6 Å². The summed E-state index contributed by atoms with van der Waals surface area (Å²) in [5.74, 6) is -0.422. The molecule has 1 saturated heterocycles. The van der Waals surface area contributed by atoms with Gasteiger partial charge in [-0.2, -0.15) is 0 Å². The third-order valence-electron chi connectivity index (χ3n) is 3.39. The van der Waals surface area contributed by atoms with Crippen LogP contribution in [0, 0.1) is 5.82 Å². The number of ketones is 1. The Bertz CT molecular complexity index is 431. The smallest absolute Gasteiger partial charge is 0.176 e. The van der Waals surface area contributed by atoms with Crippen LogP contribution in [0.3, 0.4) is 0 Å². The molecule has 1 aliphatic rings. The van der Waals surface area contributed by atoms with Gasteiger partial charge in [0.05, 0.1) is 13.2 Å². The van der Waals surface area contributed by atoms with Crippen LogP contribution in [0.25, 0.3) is 0 Å². The molecule has 1 N–H and O–H groups in total. The standard InChI is InChI=1S/C14H19FN2O2/c15-13-3-1-2-12(10-13)14(19)11-17-6-4-16(5-7-17)8-9-18/h1-3,10,18H,4-9,11H2. The van der Waals surface area contributed by atoms with Gasteiger partial charge in [-0.15, -0.1) is 0 Å². The van der Waals surface area contributed by atoms with Crippen molar-refractivity contribution >= 4 is 5.78 Å². The summed E-state index contributed by atoms with van der Waals surface area (Å²) in [5.41, 5.74) is 0.429. The number of hydrogen-bond acceptors (Lipinski definition) is 4. The minimum absolute atomic E-state index is 0.0462. The number of halogens is 1. The van der Waals surface area contributed by atoms with Gasteiger partial charge in [0.25, 0.3) is 0 Å². The van der Waals surface area contributed by atoms with Crippen LogP contribution >= 0.6 is 0 Å². The minimum atomic E-state index is -0.376. The van der Waals surface area contributed by atoms with Crippen molar-refractivity contribution in [2.24, 2.45) is 0 Å². The van der Waals surface area contributed by atoms with Gasteiger partial charge in [-0.25, -0.2) is 4.39 Å². The van der Waals surface area contributed by atoms with E-state index in [0.29, 0.717) is 18.7 Å². The third kappa shape index (κ3) is 4.09. The lowest BCUT2D eigenvalue weighted by Crippen LogP contribution is -2.48. The van der Waals surface area contributed by atoms with Crippen molar-refractivity contribution in [2.45, 2.75) is 0 Å². The Hall–Kier alpha value is -1.30. The fourth-order valence-electron chi connectivity index (χ4n) is 2.27. The van der Waals surface area contributed by atoms with Crippen LogP contribution in [0.1, 0.15) is 10.4 Å². The number of carbonyl (C=O) groups is 1. The van der Waals surface area contributed by atoms with E-state index in [-0.39, 0.29) is 18.2 Å². The number of nitrogens with zero attached hydrogens (tertiary/aromatic N) is 2. The number of hydrogen-bond donors (Lipinski definition) is 1. The molecule has 0 spiro atoms. The largest absolute Gasteiger partial charge is 0.395 e. The molecule has 0 aliphatic carbocycles. The van der Waals surface area contributed by atoms with Gasteiger partial charge in [-0.05, 0) is 12.1 Å². The van der Waals surface area contributed by atoms with Crippen molar-refractivity contribution in [1.29, 1.82) is 0 Å². The summed E-state index contributed by atoms with van der Waals surface area (Å²) in [6.07, 6.45) is 0. The molecule has 19 heavy (non-hydrogen) atoms. The lowest BCUT2D eigenvalue weighted by atomic mass is 10.1. The van der Waals surface area contributed by atoms with E-state index in [1.54, 1.807) is 12.1 Å². The molecule has 2 rings (SSSR count). The van der Waals surface area contributed by atoms with Crippen LogP contribution in [0.2, 0.25) is 0 Å². The van der Waals surface area contributed by atoms with Crippen molar-refractivity contribution in [2.75, 3.05) is 45.9 Å². The second-order valence-corrected chi connectivity index (χ2v) is 4.77. The molecule has 1 aliphatic heterocycles. The second-order valence-electron chi connectivity index (χ2n) is 4.77. The molecule has 1 aromatic carbocycles. The molecule has 5 heteroatoms. The average molecular weight is 266 g/mol. The van der Waals surface area contributed by atoms with Crippen LogP contribution < -0.4 is 0 Å². The molecule has 0 saturated carbocycles. The van der Waals surface area contributed by atoms with Crippen molar-refractivity contribution in [3.05, 3.63) is 35.6 Å². The summed E-state index contributed by atoms with van der Waals surface area (Å²) in [4.78, 5) is 16.3. The number of benzene rings is 1. The maximum atomic E-state index is 13.0. The highest BCUT2D eigenvalue weighted by atomic mass is 19.1. The first-order chi connectivity index (χ1) is 9.19. The van der Waals surface area contributed by atoms with E-state index >= 15 is 0 Å². The van der Waals surface area contributed by atoms with E-state index < -0.39 is 0 Å². The molecule has 0 radical (unpaired) electrons. The van der Waals surface area contributed by atoms with Gasteiger partial charge >= 0.3 is 0 Å². The summed E-state index contributed by atoms with van der Waals surface area (Å²) >= 11 is 0. The molecular weight excluding hydrogens is 247 g/mol. The Kier molecular flexibility index (Phi) is 5.01. The maximum absolute atomic E-state index is 13.0. The van der Waals surface area contributed by atoms with Crippen LogP contribution in [0.5, 0.6) is 0 Å². The fourth-order valence-corrected chi connectivity index (χ4v) is 2.27.